The second-order valence-corrected chi connectivity index (χ2v) is 4.72. The van der Waals surface area contributed by atoms with Crippen molar-refractivity contribution in [1.82, 2.24) is 5.48 Å². The van der Waals surface area contributed by atoms with Crippen LogP contribution in [-0.2, 0) is 14.4 Å². The van der Waals surface area contributed by atoms with E-state index in [4.69, 9.17) is 14.7 Å². The summed E-state index contributed by atoms with van der Waals surface area (Å²) >= 11 is 0. The van der Waals surface area contributed by atoms with Crippen molar-refractivity contribution in [2.75, 3.05) is 0 Å². The van der Waals surface area contributed by atoms with E-state index in [0.29, 0.717) is 0 Å². The number of aliphatic carboxylic acids is 1. The zero-order valence-corrected chi connectivity index (χ0v) is 10.2. The molecule has 16 heavy (non-hydrogen) atoms. The molecule has 0 rings (SSSR count). The number of hydroxylamine groups is 1. The molecule has 0 aromatic rings. The van der Waals surface area contributed by atoms with E-state index in [2.05, 4.69) is 0 Å². The highest BCUT2D eigenvalue weighted by Gasteiger charge is 2.25. The molecular formula is C10H19NO5. The van der Waals surface area contributed by atoms with Crippen molar-refractivity contribution >= 4 is 12.1 Å². The third-order valence-electron chi connectivity index (χ3n) is 1.52. The van der Waals surface area contributed by atoms with Gasteiger partial charge in [0, 0.05) is 0 Å². The summed E-state index contributed by atoms with van der Waals surface area (Å²) < 4.78 is 4.88. The second kappa shape index (κ2) is 5.69. The number of hydrogen-bond donors (Lipinski definition) is 2. The monoisotopic (exact) mass is 233 g/mol. The highest BCUT2D eigenvalue weighted by atomic mass is 16.7. The smallest absolute Gasteiger partial charge is 0.431 e. The van der Waals surface area contributed by atoms with E-state index in [-0.39, 0.29) is 5.92 Å². The number of carboxylic acid groups (broad SMARTS) is 1. The van der Waals surface area contributed by atoms with Crippen molar-refractivity contribution in [3.63, 3.8) is 0 Å². The van der Waals surface area contributed by atoms with Gasteiger partial charge in [-0.05, 0) is 26.7 Å². The Bertz CT molecular complexity index is 256. The van der Waals surface area contributed by atoms with Crippen LogP contribution in [0.4, 0.5) is 4.79 Å². The molecule has 6 nitrogen and oxygen atoms in total. The normalized spacial score (nSPS) is 13.4. The van der Waals surface area contributed by atoms with Gasteiger partial charge in [-0.15, -0.1) is 0 Å². The standard InChI is InChI=1S/C10H19NO5/c1-6(2)7(8(12)13)16-11-9(14)15-10(3,4)5/h6-7H,1-5H3,(H,11,14)(H,12,13). The summed E-state index contributed by atoms with van der Waals surface area (Å²) in [5, 5.41) is 8.77. The van der Waals surface area contributed by atoms with Gasteiger partial charge in [-0.1, -0.05) is 13.8 Å². The highest BCUT2D eigenvalue weighted by molar-refractivity contribution is 5.73. The van der Waals surface area contributed by atoms with Gasteiger partial charge in [0.1, 0.15) is 5.60 Å². The molecule has 1 unspecified atom stereocenters. The van der Waals surface area contributed by atoms with E-state index < -0.39 is 23.8 Å². The Morgan fingerprint density at radius 2 is 1.75 bits per heavy atom. The Kier molecular flexibility index (Phi) is 5.23. The summed E-state index contributed by atoms with van der Waals surface area (Å²) in [5.41, 5.74) is 1.31. The van der Waals surface area contributed by atoms with Gasteiger partial charge in [0.25, 0.3) is 0 Å². The van der Waals surface area contributed by atoms with E-state index in [0.717, 1.165) is 0 Å². The van der Waals surface area contributed by atoms with Crippen LogP contribution in [0.25, 0.3) is 0 Å². The lowest BCUT2D eigenvalue weighted by atomic mass is 10.1. The lowest BCUT2D eigenvalue weighted by Gasteiger charge is -2.21. The molecule has 0 saturated carbocycles. The number of ether oxygens (including phenoxy) is 1. The van der Waals surface area contributed by atoms with Gasteiger partial charge in [-0.25, -0.2) is 9.59 Å². The van der Waals surface area contributed by atoms with Gasteiger partial charge in [0.15, 0.2) is 6.10 Å². The van der Waals surface area contributed by atoms with Crippen molar-refractivity contribution in [2.24, 2.45) is 5.92 Å². The maximum absolute atomic E-state index is 11.2. The number of amides is 1. The fourth-order valence-electron chi connectivity index (χ4n) is 0.882. The number of carbonyl (C=O) groups is 2. The van der Waals surface area contributed by atoms with E-state index in [1.165, 1.54) is 0 Å². The molecule has 0 spiro atoms. The fourth-order valence-corrected chi connectivity index (χ4v) is 0.882. The number of nitrogens with one attached hydrogen (secondary N) is 1. The maximum atomic E-state index is 11.2. The van der Waals surface area contributed by atoms with Crippen LogP contribution in [0.5, 0.6) is 0 Å². The number of hydrogen-bond acceptors (Lipinski definition) is 4. The molecule has 2 N–H and O–H groups in total. The molecule has 6 heteroatoms. The molecular weight excluding hydrogens is 214 g/mol. The Balaban J connectivity index is 4.12. The lowest BCUT2D eigenvalue weighted by molar-refractivity contribution is -0.158. The Hall–Kier alpha value is -1.30. The second-order valence-electron chi connectivity index (χ2n) is 4.72. The van der Waals surface area contributed by atoms with Crippen LogP contribution in [0.2, 0.25) is 0 Å². The van der Waals surface area contributed by atoms with Crippen molar-refractivity contribution in [2.45, 2.75) is 46.3 Å². The predicted octanol–water partition coefficient (Wildman–Crippen LogP) is 1.55. The molecule has 0 aliphatic heterocycles. The van der Waals surface area contributed by atoms with Crippen molar-refractivity contribution in [1.29, 1.82) is 0 Å². The molecule has 1 amide bonds. The average Bonchev–Trinajstić information content (AvgIpc) is 1.98. The van der Waals surface area contributed by atoms with E-state index >= 15 is 0 Å². The fraction of sp³-hybridized carbons (Fsp3) is 0.800. The summed E-state index contributed by atoms with van der Waals surface area (Å²) in [6.07, 6.45) is -1.90. The quantitative estimate of drug-likeness (QED) is 0.719. The minimum atomic E-state index is -1.13. The van der Waals surface area contributed by atoms with Gasteiger partial charge >= 0.3 is 12.1 Å². The maximum Gasteiger partial charge on any atom is 0.431 e. The van der Waals surface area contributed by atoms with Gasteiger partial charge in [0.2, 0.25) is 0 Å². The summed E-state index contributed by atoms with van der Waals surface area (Å²) in [7, 11) is 0. The summed E-state index contributed by atoms with van der Waals surface area (Å²) in [5.74, 6) is -1.39. The Morgan fingerprint density at radius 3 is 2.06 bits per heavy atom. The van der Waals surface area contributed by atoms with Crippen molar-refractivity contribution in [3.8, 4) is 0 Å². The molecule has 0 aromatic carbocycles. The number of rotatable bonds is 4. The molecule has 0 saturated heterocycles. The molecule has 94 valence electrons. The first-order valence-electron chi connectivity index (χ1n) is 5.01. The molecule has 0 radical (unpaired) electrons. The van der Waals surface area contributed by atoms with E-state index in [9.17, 15) is 9.59 Å². The number of carboxylic acids is 1. The predicted molar refractivity (Wildman–Crippen MR) is 56.7 cm³/mol. The first-order chi connectivity index (χ1) is 7.13. The van der Waals surface area contributed by atoms with E-state index in [1.54, 1.807) is 34.6 Å². The van der Waals surface area contributed by atoms with Crippen LogP contribution < -0.4 is 5.48 Å². The largest absolute Gasteiger partial charge is 0.479 e. The van der Waals surface area contributed by atoms with Crippen LogP contribution in [0.1, 0.15) is 34.6 Å². The molecule has 1 atom stereocenters. The summed E-state index contributed by atoms with van der Waals surface area (Å²) in [4.78, 5) is 26.6. The molecule has 0 bridgehead atoms. The first kappa shape index (κ1) is 14.7. The van der Waals surface area contributed by atoms with Gasteiger partial charge in [0.05, 0.1) is 0 Å². The molecule has 0 aromatic heterocycles. The number of carbonyl (C=O) groups excluding carboxylic acids is 1. The minimum absolute atomic E-state index is 0.257. The van der Waals surface area contributed by atoms with Crippen LogP contribution in [0, 0.1) is 5.92 Å². The SMILES string of the molecule is CC(C)C(ONC(=O)OC(C)(C)C)C(=O)O. The van der Waals surface area contributed by atoms with Gasteiger partial charge in [-0.3, -0.25) is 4.84 Å². The first-order valence-corrected chi connectivity index (χ1v) is 5.01. The summed E-state index contributed by atoms with van der Waals surface area (Å²) in [6.45, 7) is 8.45. The zero-order valence-electron chi connectivity index (χ0n) is 10.2. The van der Waals surface area contributed by atoms with Crippen molar-refractivity contribution in [3.05, 3.63) is 0 Å². The van der Waals surface area contributed by atoms with Crippen LogP contribution in [0.15, 0.2) is 0 Å². The summed E-state index contributed by atoms with van der Waals surface area (Å²) in [6, 6.07) is 0. The van der Waals surface area contributed by atoms with E-state index in [1.807, 2.05) is 5.48 Å². The third kappa shape index (κ3) is 6.23. The molecule has 0 fully saturated rings. The molecule has 0 heterocycles. The Labute approximate surface area is 94.9 Å². The highest BCUT2D eigenvalue weighted by Crippen LogP contribution is 2.08. The zero-order chi connectivity index (χ0) is 12.9. The third-order valence-corrected chi connectivity index (χ3v) is 1.52. The van der Waals surface area contributed by atoms with Crippen molar-refractivity contribution < 1.29 is 24.3 Å². The average molecular weight is 233 g/mol. The van der Waals surface area contributed by atoms with Crippen LogP contribution >= 0.6 is 0 Å². The lowest BCUT2D eigenvalue weighted by Crippen LogP contribution is -2.40. The van der Waals surface area contributed by atoms with Crippen LogP contribution in [-0.4, -0.2) is 28.9 Å². The van der Waals surface area contributed by atoms with Crippen LogP contribution in [0.3, 0.4) is 0 Å². The molecule has 0 aliphatic rings. The Morgan fingerprint density at radius 1 is 1.25 bits per heavy atom. The van der Waals surface area contributed by atoms with Gasteiger partial charge < -0.3 is 9.84 Å². The topological polar surface area (TPSA) is 84.9 Å². The van der Waals surface area contributed by atoms with Gasteiger partial charge in [-0.2, -0.15) is 5.48 Å². The minimum Gasteiger partial charge on any atom is -0.479 e. The molecule has 0 aliphatic carbocycles.